The van der Waals surface area contributed by atoms with Crippen LogP contribution in [0.15, 0.2) is 35.4 Å². The van der Waals surface area contributed by atoms with Gasteiger partial charge in [-0.05, 0) is 38.0 Å². The zero-order chi connectivity index (χ0) is 23.7. The van der Waals surface area contributed by atoms with Gasteiger partial charge in [0.2, 0.25) is 11.3 Å². The number of amides is 1. The number of hydrogen-bond donors (Lipinski definition) is 1. The second-order valence-electron chi connectivity index (χ2n) is 7.51. The van der Waals surface area contributed by atoms with Crippen molar-refractivity contribution >= 4 is 28.7 Å². The summed E-state index contributed by atoms with van der Waals surface area (Å²) in [4.78, 5) is 47.0. The van der Waals surface area contributed by atoms with Gasteiger partial charge in [0.15, 0.2) is 17.3 Å². The van der Waals surface area contributed by atoms with Crippen molar-refractivity contribution in [2.45, 2.75) is 32.9 Å². The number of carbonyl (C=O) groups excluding carboxylic acids is 2. The summed E-state index contributed by atoms with van der Waals surface area (Å²) in [6, 6.07) is 3.51. The van der Waals surface area contributed by atoms with Gasteiger partial charge in [0, 0.05) is 19.7 Å². The molecule has 0 aromatic carbocycles. The molecule has 1 N–H and O–H groups in total. The van der Waals surface area contributed by atoms with E-state index < -0.39 is 29.2 Å². The van der Waals surface area contributed by atoms with Crippen molar-refractivity contribution < 1.29 is 23.1 Å². The fourth-order valence-electron chi connectivity index (χ4n) is 3.86. The minimum atomic E-state index is -0.880. The molecule has 1 aliphatic rings. The lowest BCUT2D eigenvalue weighted by atomic mass is 10.1. The summed E-state index contributed by atoms with van der Waals surface area (Å²) in [5.41, 5.74) is -1.06. The Bertz CT molecular complexity index is 1290. The Morgan fingerprint density at radius 2 is 2.09 bits per heavy atom. The van der Waals surface area contributed by atoms with Gasteiger partial charge in [-0.15, -0.1) is 0 Å². The number of nitrogens with one attached hydrogen (secondary N) is 1. The van der Waals surface area contributed by atoms with Crippen molar-refractivity contribution in [3.8, 4) is 5.82 Å². The molecule has 0 bridgehead atoms. The number of hydrogen-bond acceptors (Lipinski definition) is 7. The van der Waals surface area contributed by atoms with Crippen molar-refractivity contribution in [2.75, 3.05) is 18.1 Å². The van der Waals surface area contributed by atoms with Crippen LogP contribution >= 0.6 is 0 Å². The molecular weight excluding hydrogens is 436 g/mol. The molecule has 4 rings (SSSR count). The highest BCUT2D eigenvalue weighted by molar-refractivity contribution is 5.93. The van der Waals surface area contributed by atoms with E-state index in [2.05, 4.69) is 15.3 Å². The number of ether oxygens (including phenoxy) is 1. The van der Waals surface area contributed by atoms with Gasteiger partial charge in [-0.2, -0.15) is 0 Å². The lowest BCUT2D eigenvalue weighted by molar-refractivity contribution is -0.119. The Morgan fingerprint density at radius 3 is 2.76 bits per heavy atom. The maximum atomic E-state index is 15.2. The quantitative estimate of drug-likeness (QED) is 0.586. The Kier molecular flexibility index (Phi) is 6.03. The Balaban J connectivity index is 1.96. The van der Waals surface area contributed by atoms with Crippen molar-refractivity contribution in [3.05, 3.63) is 58.0 Å². The summed E-state index contributed by atoms with van der Waals surface area (Å²) >= 11 is 0. The van der Waals surface area contributed by atoms with Crippen LogP contribution in [-0.4, -0.2) is 45.7 Å². The van der Waals surface area contributed by atoms with Gasteiger partial charge in [0.1, 0.15) is 23.4 Å². The predicted octanol–water partition coefficient (Wildman–Crippen LogP) is 2.30. The summed E-state index contributed by atoms with van der Waals surface area (Å²) in [5, 5.41) is 2.60. The van der Waals surface area contributed by atoms with Crippen LogP contribution < -0.4 is 15.6 Å². The van der Waals surface area contributed by atoms with Crippen LogP contribution in [0.1, 0.15) is 37.0 Å². The maximum absolute atomic E-state index is 15.2. The minimum Gasteiger partial charge on any atom is -0.462 e. The normalized spacial score (nSPS) is 15.6. The molecular formula is C22H21F2N5O4. The molecule has 4 heterocycles. The largest absolute Gasteiger partial charge is 0.462 e. The van der Waals surface area contributed by atoms with Crippen LogP contribution in [0.25, 0.3) is 16.9 Å². The number of nitrogens with zero attached hydrogens (tertiary/aromatic N) is 4. The molecule has 11 heteroatoms. The first-order valence-corrected chi connectivity index (χ1v) is 10.4. The van der Waals surface area contributed by atoms with E-state index in [1.54, 1.807) is 11.8 Å². The summed E-state index contributed by atoms with van der Waals surface area (Å²) < 4.78 is 34.9. The molecule has 1 amide bonds. The fourth-order valence-corrected chi connectivity index (χ4v) is 3.86. The lowest BCUT2D eigenvalue weighted by Crippen LogP contribution is -2.44. The average molecular weight is 457 g/mol. The second-order valence-corrected chi connectivity index (χ2v) is 7.51. The van der Waals surface area contributed by atoms with Crippen LogP contribution in [0.2, 0.25) is 0 Å². The molecule has 172 valence electrons. The molecule has 3 aromatic rings. The SMILES string of the molecule is CCOC(=O)c1cn(-c2ccc(F)cn2)c2nc(N3CCCC3NC(C)=O)c(F)cc2c1=O. The summed E-state index contributed by atoms with van der Waals surface area (Å²) in [5.74, 6) is -2.40. The number of esters is 1. The molecule has 0 aliphatic carbocycles. The fraction of sp³-hybridized carbons (Fsp3) is 0.318. The zero-order valence-electron chi connectivity index (χ0n) is 18.0. The summed E-state index contributed by atoms with van der Waals surface area (Å²) in [7, 11) is 0. The van der Waals surface area contributed by atoms with Gasteiger partial charge in [-0.25, -0.2) is 23.5 Å². The van der Waals surface area contributed by atoms with Crippen LogP contribution in [0.5, 0.6) is 0 Å². The third kappa shape index (κ3) is 4.26. The molecule has 33 heavy (non-hydrogen) atoms. The average Bonchev–Trinajstić information content (AvgIpc) is 3.22. The number of pyridine rings is 3. The first-order chi connectivity index (χ1) is 15.8. The van der Waals surface area contributed by atoms with Gasteiger partial charge in [-0.1, -0.05) is 0 Å². The maximum Gasteiger partial charge on any atom is 0.343 e. The molecule has 3 aromatic heterocycles. The molecule has 1 unspecified atom stereocenters. The second kappa shape index (κ2) is 8.93. The molecule has 0 saturated carbocycles. The monoisotopic (exact) mass is 457 g/mol. The highest BCUT2D eigenvalue weighted by Gasteiger charge is 2.30. The number of halogens is 2. The van der Waals surface area contributed by atoms with E-state index in [9.17, 15) is 18.8 Å². The van der Waals surface area contributed by atoms with Gasteiger partial charge >= 0.3 is 5.97 Å². The Labute approximate surface area is 187 Å². The van der Waals surface area contributed by atoms with E-state index in [1.807, 2.05) is 0 Å². The molecule has 0 radical (unpaired) electrons. The van der Waals surface area contributed by atoms with Gasteiger partial charge in [0.25, 0.3) is 0 Å². The Morgan fingerprint density at radius 1 is 1.30 bits per heavy atom. The smallest absolute Gasteiger partial charge is 0.343 e. The standard InChI is InChI=1S/C22H21F2N5O4/c1-3-33-22(32)15-11-29(17-7-6-13(23)10-25-17)20-14(19(15)31)9-16(24)21(27-20)28-8-4-5-18(28)26-12(2)30/h6-7,9-11,18H,3-5,8H2,1-2H3,(H,26,30). The van der Waals surface area contributed by atoms with Gasteiger partial charge < -0.3 is 15.0 Å². The van der Waals surface area contributed by atoms with E-state index in [1.165, 1.54) is 23.8 Å². The number of carbonyl (C=O) groups is 2. The number of rotatable bonds is 5. The van der Waals surface area contributed by atoms with E-state index in [-0.39, 0.29) is 40.7 Å². The molecule has 1 saturated heterocycles. The predicted molar refractivity (Wildman–Crippen MR) is 115 cm³/mol. The van der Waals surface area contributed by atoms with E-state index in [0.717, 1.165) is 18.3 Å². The molecule has 1 aliphatic heterocycles. The van der Waals surface area contributed by atoms with E-state index in [0.29, 0.717) is 19.4 Å². The third-order valence-corrected chi connectivity index (χ3v) is 5.26. The highest BCUT2D eigenvalue weighted by Crippen LogP contribution is 2.28. The molecule has 1 atom stereocenters. The molecule has 9 nitrogen and oxygen atoms in total. The topological polar surface area (TPSA) is 106 Å². The van der Waals surface area contributed by atoms with Crippen molar-refractivity contribution in [1.29, 1.82) is 0 Å². The highest BCUT2D eigenvalue weighted by atomic mass is 19.1. The minimum absolute atomic E-state index is 0.0250. The van der Waals surface area contributed by atoms with Crippen LogP contribution in [0.4, 0.5) is 14.6 Å². The van der Waals surface area contributed by atoms with Crippen LogP contribution in [0, 0.1) is 11.6 Å². The first-order valence-electron chi connectivity index (χ1n) is 10.4. The van der Waals surface area contributed by atoms with E-state index in [4.69, 9.17) is 4.74 Å². The van der Waals surface area contributed by atoms with Crippen molar-refractivity contribution in [3.63, 3.8) is 0 Å². The van der Waals surface area contributed by atoms with Crippen molar-refractivity contribution in [2.24, 2.45) is 0 Å². The summed E-state index contributed by atoms with van der Waals surface area (Å²) in [6.45, 7) is 3.44. The number of aromatic nitrogens is 3. The lowest BCUT2D eigenvalue weighted by Gasteiger charge is -2.27. The van der Waals surface area contributed by atoms with Gasteiger partial charge in [0.05, 0.1) is 18.2 Å². The molecule has 1 fully saturated rings. The van der Waals surface area contributed by atoms with Crippen LogP contribution in [-0.2, 0) is 9.53 Å². The van der Waals surface area contributed by atoms with Gasteiger partial charge in [-0.3, -0.25) is 14.2 Å². The third-order valence-electron chi connectivity index (χ3n) is 5.26. The zero-order valence-corrected chi connectivity index (χ0v) is 18.0. The molecule has 0 spiro atoms. The Hall–Kier alpha value is -3.89. The number of anilines is 1. The summed E-state index contributed by atoms with van der Waals surface area (Å²) in [6.07, 6.45) is 3.03. The van der Waals surface area contributed by atoms with E-state index >= 15 is 4.39 Å². The van der Waals surface area contributed by atoms with Crippen LogP contribution in [0.3, 0.4) is 0 Å². The van der Waals surface area contributed by atoms with Crippen molar-refractivity contribution in [1.82, 2.24) is 19.9 Å². The first kappa shape index (κ1) is 22.3. The number of fused-ring (bicyclic) bond motifs is 1.